The number of sulfone groups is 1. The molecule has 0 spiro atoms. The molecule has 1 aliphatic rings. The first-order valence-electron chi connectivity index (χ1n) is 4.21. The average molecular weight is 225 g/mol. The van der Waals surface area contributed by atoms with Crippen molar-refractivity contribution in [2.24, 2.45) is 5.73 Å². The molecule has 0 unspecified atom stereocenters. The van der Waals surface area contributed by atoms with E-state index in [0.717, 1.165) is 0 Å². The Hall–Kier alpha value is -1.62. The standard InChI is InChI=1S/C10H8FNO2S/c11-8-4-2-1-3-7(8)9-5-6-10(12)15(9,13)14/h1-6H,12H2. The van der Waals surface area contributed by atoms with E-state index < -0.39 is 15.7 Å². The van der Waals surface area contributed by atoms with Crippen LogP contribution in [0.25, 0.3) is 4.91 Å². The van der Waals surface area contributed by atoms with E-state index in [0.29, 0.717) is 0 Å². The molecule has 0 aliphatic carbocycles. The second kappa shape index (κ2) is 3.20. The molecule has 3 nitrogen and oxygen atoms in total. The van der Waals surface area contributed by atoms with Crippen molar-refractivity contribution in [3.8, 4) is 0 Å². The minimum atomic E-state index is -3.68. The lowest BCUT2D eigenvalue weighted by Gasteiger charge is -2.05. The van der Waals surface area contributed by atoms with E-state index in [1.54, 1.807) is 6.07 Å². The topological polar surface area (TPSA) is 60.2 Å². The summed E-state index contributed by atoms with van der Waals surface area (Å²) >= 11 is 0. The summed E-state index contributed by atoms with van der Waals surface area (Å²) in [7, 11) is -3.68. The van der Waals surface area contributed by atoms with Crippen LogP contribution in [0.1, 0.15) is 5.56 Å². The Kier molecular flexibility index (Phi) is 2.12. The molecular weight excluding hydrogens is 217 g/mol. The van der Waals surface area contributed by atoms with Gasteiger partial charge in [0, 0.05) is 5.56 Å². The maximum absolute atomic E-state index is 13.3. The zero-order chi connectivity index (χ0) is 11.1. The van der Waals surface area contributed by atoms with Gasteiger partial charge in [-0.15, -0.1) is 0 Å². The van der Waals surface area contributed by atoms with Crippen LogP contribution >= 0.6 is 0 Å². The largest absolute Gasteiger partial charge is 0.389 e. The third kappa shape index (κ3) is 1.45. The zero-order valence-electron chi connectivity index (χ0n) is 7.64. The van der Waals surface area contributed by atoms with Gasteiger partial charge in [0.15, 0.2) is 0 Å². The van der Waals surface area contributed by atoms with E-state index in [4.69, 9.17) is 5.73 Å². The van der Waals surface area contributed by atoms with E-state index in [2.05, 4.69) is 0 Å². The first-order chi connectivity index (χ1) is 7.03. The molecule has 2 rings (SSSR count). The summed E-state index contributed by atoms with van der Waals surface area (Å²) in [6.07, 6.45) is 2.57. The van der Waals surface area contributed by atoms with Gasteiger partial charge in [-0.05, 0) is 18.2 Å². The van der Waals surface area contributed by atoms with Gasteiger partial charge in [-0.2, -0.15) is 0 Å². The van der Waals surface area contributed by atoms with Crippen molar-refractivity contribution in [2.45, 2.75) is 0 Å². The van der Waals surface area contributed by atoms with Crippen molar-refractivity contribution in [1.29, 1.82) is 0 Å². The van der Waals surface area contributed by atoms with Crippen molar-refractivity contribution in [3.63, 3.8) is 0 Å². The molecule has 1 aromatic carbocycles. The molecule has 0 radical (unpaired) electrons. The minimum absolute atomic E-state index is 0.0502. The number of rotatable bonds is 1. The highest BCUT2D eigenvalue weighted by Crippen LogP contribution is 2.31. The van der Waals surface area contributed by atoms with Crippen LogP contribution in [-0.2, 0) is 9.84 Å². The maximum atomic E-state index is 13.3. The highest BCUT2D eigenvalue weighted by Gasteiger charge is 2.27. The second-order valence-corrected chi connectivity index (χ2v) is 5.00. The zero-order valence-corrected chi connectivity index (χ0v) is 8.46. The first-order valence-corrected chi connectivity index (χ1v) is 5.69. The number of benzene rings is 1. The number of allylic oxidation sites excluding steroid dienone is 2. The molecule has 0 amide bonds. The molecule has 0 saturated carbocycles. The second-order valence-electron chi connectivity index (χ2n) is 3.08. The van der Waals surface area contributed by atoms with Gasteiger partial charge >= 0.3 is 0 Å². The maximum Gasteiger partial charge on any atom is 0.221 e. The fraction of sp³-hybridized carbons (Fsp3) is 0. The van der Waals surface area contributed by atoms with E-state index >= 15 is 0 Å². The molecular formula is C10H8FNO2S. The van der Waals surface area contributed by atoms with Gasteiger partial charge in [-0.1, -0.05) is 18.2 Å². The third-order valence-electron chi connectivity index (χ3n) is 2.14. The van der Waals surface area contributed by atoms with Crippen LogP contribution in [0.3, 0.4) is 0 Å². The van der Waals surface area contributed by atoms with Crippen LogP contribution in [0, 0.1) is 5.82 Å². The SMILES string of the molecule is NC1=CC=C(c2ccccc2F)S1(=O)=O. The molecule has 0 bridgehead atoms. The quantitative estimate of drug-likeness (QED) is 0.785. The van der Waals surface area contributed by atoms with Crippen molar-refractivity contribution >= 4 is 14.7 Å². The van der Waals surface area contributed by atoms with Crippen molar-refractivity contribution in [2.75, 3.05) is 0 Å². The molecule has 0 atom stereocenters. The summed E-state index contributed by atoms with van der Waals surface area (Å²) in [6.45, 7) is 0. The molecule has 78 valence electrons. The number of halogens is 1. The van der Waals surface area contributed by atoms with Crippen LogP contribution in [0.2, 0.25) is 0 Å². The van der Waals surface area contributed by atoms with Crippen LogP contribution in [0.4, 0.5) is 4.39 Å². The van der Waals surface area contributed by atoms with Crippen LogP contribution < -0.4 is 5.73 Å². The summed E-state index contributed by atoms with van der Waals surface area (Å²) in [5, 5.41) is -0.249. The normalized spacial score (nSPS) is 18.5. The van der Waals surface area contributed by atoms with Gasteiger partial charge in [0.2, 0.25) is 9.84 Å². The summed E-state index contributed by atoms with van der Waals surface area (Å²) in [4.78, 5) is -0.0851. The predicted molar refractivity (Wildman–Crippen MR) is 55.6 cm³/mol. The first kappa shape index (κ1) is 9.92. The molecule has 5 heteroatoms. The summed E-state index contributed by atoms with van der Waals surface area (Å²) in [5.74, 6) is -0.574. The van der Waals surface area contributed by atoms with E-state index in [1.807, 2.05) is 0 Å². The molecule has 1 heterocycles. The average Bonchev–Trinajstić information content (AvgIpc) is 2.44. The van der Waals surface area contributed by atoms with Crippen molar-refractivity contribution in [3.05, 3.63) is 52.8 Å². The lowest BCUT2D eigenvalue weighted by molar-refractivity contribution is 0.608. The van der Waals surface area contributed by atoms with Gasteiger partial charge in [0.05, 0.1) is 4.91 Å². The van der Waals surface area contributed by atoms with E-state index in [-0.39, 0.29) is 15.5 Å². The van der Waals surface area contributed by atoms with Crippen molar-refractivity contribution < 1.29 is 12.8 Å². The van der Waals surface area contributed by atoms with E-state index in [9.17, 15) is 12.8 Å². The fourth-order valence-electron chi connectivity index (χ4n) is 1.36. The fourth-order valence-corrected chi connectivity index (χ4v) is 2.56. The van der Waals surface area contributed by atoms with Crippen LogP contribution in [-0.4, -0.2) is 8.42 Å². The van der Waals surface area contributed by atoms with Gasteiger partial charge in [-0.25, -0.2) is 12.8 Å². The Labute approximate surface area is 86.6 Å². The smallest absolute Gasteiger partial charge is 0.221 e. The summed E-state index contributed by atoms with van der Waals surface area (Å²) in [6, 6.07) is 5.69. The van der Waals surface area contributed by atoms with Gasteiger partial charge in [-0.3, -0.25) is 0 Å². The van der Waals surface area contributed by atoms with Crippen molar-refractivity contribution in [1.82, 2.24) is 0 Å². The van der Waals surface area contributed by atoms with Gasteiger partial charge in [0.25, 0.3) is 0 Å². The van der Waals surface area contributed by atoms with Crippen LogP contribution in [0.15, 0.2) is 41.4 Å². The van der Waals surface area contributed by atoms with Gasteiger partial charge < -0.3 is 5.73 Å². The Morgan fingerprint density at radius 1 is 1.13 bits per heavy atom. The Bertz CT molecular complexity index is 573. The Morgan fingerprint density at radius 2 is 1.80 bits per heavy atom. The summed E-state index contributed by atoms with van der Waals surface area (Å²) in [5.41, 5.74) is 5.34. The summed E-state index contributed by atoms with van der Waals surface area (Å²) < 4.78 is 36.6. The lowest BCUT2D eigenvalue weighted by Crippen LogP contribution is -2.10. The van der Waals surface area contributed by atoms with E-state index in [1.165, 1.54) is 30.4 Å². The Balaban J connectivity index is 2.59. The lowest BCUT2D eigenvalue weighted by atomic mass is 10.2. The molecule has 2 N–H and O–H groups in total. The van der Waals surface area contributed by atoms with Crippen LogP contribution in [0.5, 0.6) is 0 Å². The molecule has 15 heavy (non-hydrogen) atoms. The third-order valence-corrected chi connectivity index (χ3v) is 3.83. The monoisotopic (exact) mass is 225 g/mol. The highest BCUT2D eigenvalue weighted by molar-refractivity contribution is 8.04. The van der Waals surface area contributed by atoms with Gasteiger partial charge in [0.1, 0.15) is 10.8 Å². The number of hydrogen-bond acceptors (Lipinski definition) is 3. The number of nitrogens with two attached hydrogens (primary N) is 1. The molecule has 0 saturated heterocycles. The highest BCUT2D eigenvalue weighted by atomic mass is 32.2. The minimum Gasteiger partial charge on any atom is -0.389 e. The predicted octanol–water partition coefficient (Wildman–Crippen LogP) is 1.40. The Morgan fingerprint density at radius 3 is 2.33 bits per heavy atom. The molecule has 1 aliphatic heterocycles. The molecule has 0 fully saturated rings. The number of hydrogen-bond donors (Lipinski definition) is 1. The molecule has 1 aromatic rings. The molecule has 0 aromatic heterocycles.